The lowest BCUT2D eigenvalue weighted by Gasteiger charge is -2.13. The highest BCUT2D eigenvalue weighted by molar-refractivity contribution is 7.18. The Labute approximate surface area is 138 Å². The lowest BCUT2D eigenvalue weighted by Crippen LogP contribution is -2.01. The topological polar surface area (TPSA) is 25.2 Å². The SMILES string of the molecule is Clc1cccc(C=Nc2nc3c(s2)-c2ccccc2CC3)c1. The molecule has 22 heavy (non-hydrogen) atoms. The zero-order chi connectivity index (χ0) is 14.9. The summed E-state index contributed by atoms with van der Waals surface area (Å²) in [5.74, 6) is 0. The van der Waals surface area contributed by atoms with Crippen LogP contribution in [0.1, 0.15) is 16.8 Å². The van der Waals surface area contributed by atoms with Gasteiger partial charge in [-0.1, -0.05) is 59.3 Å². The minimum atomic E-state index is 0.719. The van der Waals surface area contributed by atoms with Crippen molar-refractivity contribution >= 4 is 34.3 Å². The maximum atomic E-state index is 5.99. The first-order chi connectivity index (χ1) is 10.8. The van der Waals surface area contributed by atoms with Gasteiger partial charge in [-0.2, -0.15) is 0 Å². The first-order valence-electron chi connectivity index (χ1n) is 7.17. The number of aromatic nitrogens is 1. The molecule has 0 spiro atoms. The summed E-state index contributed by atoms with van der Waals surface area (Å²) < 4.78 is 0. The molecule has 108 valence electrons. The van der Waals surface area contributed by atoms with Crippen LogP contribution in [0.4, 0.5) is 5.13 Å². The van der Waals surface area contributed by atoms with Crippen molar-refractivity contribution in [1.29, 1.82) is 0 Å². The van der Waals surface area contributed by atoms with E-state index in [1.807, 2.05) is 30.5 Å². The summed E-state index contributed by atoms with van der Waals surface area (Å²) in [7, 11) is 0. The Bertz CT molecular complexity index is 867. The quantitative estimate of drug-likeness (QED) is 0.586. The molecular formula is C18H13ClN2S. The third-order valence-electron chi connectivity index (χ3n) is 3.75. The van der Waals surface area contributed by atoms with Gasteiger partial charge in [0.05, 0.1) is 10.6 Å². The zero-order valence-corrected chi connectivity index (χ0v) is 13.4. The highest BCUT2D eigenvalue weighted by Crippen LogP contribution is 2.40. The molecule has 4 heteroatoms. The molecule has 0 saturated heterocycles. The molecule has 4 rings (SSSR count). The Balaban J connectivity index is 1.68. The Morgan fingerprint density at radius 3 is 2.91 bits per heavy atom. The van der Waals surface area contributed by atoms with Crippen LogP contribution in [0.3, 0.4) is 0 Å². The molecule has 0 unspecified atom stereocenters. The van der Waals surface area contributed by atoms with Crippen molar-refractivity contribution in [3.63, 3.8) is 0 Å². The van der Waals surface area contributed by atoms with E-state index in [4.69, 9.17) is 11.6 Å². The van der Waals surface area contributed by atoms with Gasteiger partial charge in [-0.3, -0.25) is 0 Å². The minimum Gasteiger partial charge on any atom is -0.227 e. The smallest absolute Gasteiger partial charge is 0.209 e. The fraction of sp³-hybridized carbons (Fsp3) is 0.111. The van der Waals surface area contributed by atoms with Crippen molar-refractivity contribution in [2.45, 2.75) is 12.8 Å². The van der Waals surface area contributed by atoms with Gasteiger partial charge in [0.2, 0.25) is 5.13 Å². The molecule has 0 radical (unpaired) electrons. The van der Waals surface area contributed by atoms with Crippen LogP contribution in [0.5, 0.6) is 0 Å². The third-order valence-corrected chi connectivity index (χ3v) is 5.03. The summed E-state index contributed by atoms with van der Waals surface area (Å²) in [6.07, 6.45) is 3.88. The number of hydrogen-bond donors (Lipinski definition) is 0. The highest BCUT2D eigenvalue weighted by Gasteiger charge is 2.19. The molecular weight excluding hydrogens is 312 g/mol. The Morgan fingerprint density at radius 1 is 1.09 bits per heavy atom. The van der Waals surface area contributed by atoms with Crippen LogP contribution >= 0.6 is 22.9 Å². The van der Waals surface area contributed by atoms with Crippen molar-refractivity contribution in [1.82, 2.24) is 4.98 Å². The molecule has 1 heterocycles. The van der Waals surface area contributed by atoms with Gasteiger partial charge in [0.15, 0.2) is 0 Å². The summed E-state index contributed by atoms with van der Waals surface area (Å²) >= 11 is 7.65. The van der Waals surface area contributed by atoms with Crippen molar-refractivity contribution in [2.75, 3.05) is 0 Å². The van der Waals surface area contributed by atoms with E-state index in [1.165, 1.54) is 21.7 Å². The van der Waals surface area contributed by atoms with E-state index in [1.54, 1.807) is 11.3 Å². The average molecular weight is 325 g/mol. The standard InChI is InChI=1S/C18H13ClN2S/c19-14-6-3-4-12(10-14)11-20-18-21-16-9-8-13-5-1-2-7-15(13)17(16)22-18/h1-7,10-11H,8-9H2. The number of hydrogen-bond acceptors (Lipinski definition) is 3. The molecule has 2 nitrogen and oxygen atoms in total. The largest absolute Gasteiger partial charge is 0.227 e. The number of benzene rings is 2. The molecule has 1 aliphatic rings. The van der Waals surface area contributed by atoms with Crippen LogP contribution in [-0.4, -0.2) is 11.2 Å². The lowest BCUT2D eigenvalue weighted by atomic mass is 9.94. The molecule has 3 aromatic rings. The fourth-order valence-electron chi connectivity index (χ4n) is 2.70. The first-order valence-corrected chi connectivity index (χ1v) is 8.37. The molecule has 1 aliphatic carbocycles. The maximum absolute atomic E-state index is 5.99. The zero-order valence-electron chi connectivity index (χ0n) is 11.8. The van der Waals surface area contributed by atoms with E-state index in [0.29, 0.717) is 0 Å². The molecule has 2 aromatic carbocycles. The van der Waals surface area contributed by atoms with Gasteiger partial charge in [-0.25, -0.2) is 9.98 Å². The molecule has 0 saturated carbocycles. The van der Waals surface area contributed by atoms with Crippen molar-refractivity contribution in [3.8, 4) is 10.4 Å². The number of aliphatic imine (C=N–C) groups is 1. The van der Waals surface area contributed by atoms with E-state index in [-0.39, 0.29) is 0 Å². The van der Waals surface area contributed by atoms with Gasteiger partial charge in [-0.05, 0) is 41.7 Å². The number of halogens is 1. The monoisotopic (exact) mass is 324 g/mol. The van der Waals surface area contributed by atoms with Crippen LogP contribution in [-0.2, 0) is 12.8 Å². The van der Waals surface area contributed by atoms with Gasteiger partial charge < -0.3 is 0 Å². The van der Waals surface area contributed by atoms with Crippen LogP contribution in [0.15, 0.2) is 53.5 Å². The van der Waals surface area contributed by atoms with E-state index < -0.39 is 0 Å². The summed E-state index contributed by atoms with van der Waals surface area (Å²) in [4.78, 5) is 10.5. The molecule has 0 fully saturated rings. The second kappa shape index (κ2) is 5.67. The van der Waals surface area contributed by atoms with Gasteiger partial charge in [-0.15, -0.1) is 0 Å². The van der Waals surface area contributed by atoms with Crippen LogP contribution in [0, 0.1) is 0 Å². The van der Waals surface area contributed by atoms with E-state index in [9.17, 15) is 0 Å². The second-order valence-electron chi connectivity index (χ2n) is 5.24. The van der Waals surface area contributed by atoms with E-state index >= 15 is 0 Å². The molecule has 0 aliphatic heterocycles. The first kappa shape index (κ1) is 13.7. The van der Waals surface area contributed by atoms with Gasteiger partial charge in [0.1, 0.15) is 0 Å². The molecule has 1 aromatic heterocycles. The number of fused-ring (bicyclic) bond motifs is 3. The Kier molecular flexibility index (Phi) is 3.53. The van der Waals surface area contributed by atoms with Crippen molar-refractivity contribution in [3.05, 3.63) is 70.4 Å². The fourth-order valence-corrected chi connectivity index (χ4v) is 3.92. The predicted octanol–water partition coefficient (Wildman–Crippen LogP) is 5.31. The van der Waals surface area contributed by atoms with Crippen LogP contribution in [0.25, 0.3) is 10.4 Å². The lowest BCUT2D eigenvalue weighted by molar-refractivity contribution is 0.910. The summed E-state index contributed by atoms with van der Waals surface area (Å²) in [6, 6.07) is 16.2. The van der Waals surface area contributed by atoms with Gasteiger partial charge in [0, 0.05) is 11.2 Å². The summed E-state index contributed by atoms with van der Waals surface area (Å²) in [5.41, 5.74) is 4.87. The molecule has 0 N–H and O–H groups in total. The molecule has 0 amide bonds. The summed E-state index contributed by atoms with van der Waals surface area (Å²) in [5, 5.41) is 1.53. The van der Waals surface area contributed by atoms with Crippen molar-refractivity contribution < 1.29 is 0 Å². The molecule has 0 bridgehead atoms. The number of nitrogens with zero attached hydrogens (tertiary/aromatic N) is 2. The molecule has 0 atom stereocenters. The van der Waals surface area contributed by atoms with Crippen molar-refractivity contribution in [2.24, 2.45) is 4.99 Å². The Hall–Kier alpha value is -1.97. The highest BCUT2D eigenvalue weighted by atomic mass is 35.5. The third kappa shape index (κ3) is 2.58. The van der Waals surface area contributed by atoms with E-state index in [0.717, 1.165) is 28.6 Å². The maximum Gasteiger partial charge on any atom is 0.209 e. The second-order valence-corrected chi connectivity index (χ2v) is 6.66. The Morgan fingerprint density at radius 2 is 2.00 bits per heavy atom. The van der Waals surface area contributed by atoms with E-state index in [2.05, 4.69) is 34.2 Å². The van der Waals surface area contributed by atoms with Gasteiger partial charge >= 0.3 is 0 Å². The number of thiazole rings is 1. The number of rotatable bonds is 2. The van der Waals surface area contributed by atoms with Gasteiger partial charge in [0.25, 0.3) is 0 Å². The van der Waals surface area contributed by atoms with Crippen LogP contribution in [0.2, 0.25) is 5.02 Å². The number of aryl methyl sites for hydroxylation is 2. The normalized spacial score (nSPS) is 13.1. The predicted molar refractivity (Wildman–Crippen MR) is 93.7 cm³/mol. The summed E-state index contributed by atoms with van der Waals surface area (Å²) in [6.45, 7) is 0. The average Bonchev–Trinajstić information content (AvgIpc) is 2.97. The minimum absolute atomic E-state index is 0.719. The van der Waals surface area contributed by atoms with Crippen LogP contribution < -0.4 is 0 Å².